The van der Waals surface area contributed by atoms with Crippen LogP contribution in [0.2, 0.25) is 0 Å². The first-order valence-corrected chi connectivity index (χ1v) is 9.88. The molecular formula is C18H33N5S. The normalized spacial score (nSPS) is 25.1. The number of aromatic nitrogens is 1. The Morgan fingerprint density at radius 2 is 2.25 bits per heavy atom. The fourth-order valence-corrected chi connectivity index (χ4v) is 4.28. The van der Waals surface area contributed by atoms with Gasteiger partial charge in [0.25, 0.3) is 0 Å². The van der Waals surface area contributed by atoms with Crippen molar-refractivity contribution in [2.24, 2.45) is 10.9 Å². The summed E-state index contributed by atoms with van der Waals surface area (Å²) in [4.78, 5) is 12.8. The van der Waals surface area contributed by atoms with Crippen LogP contribution in [0.1, 0.15) is 49.4 Å². The lowest BCUT2D eigenvalue weighted by atomic mass is 9.75. The molecule has 1 aromatic heterocycles. The van der Waals surface area contributed by atoms with Gasteiger partial charge in [0.15, 0.2) is 5.96 Å². The maximum Gasteiger partial charge on any atom is 0.191 e. The van der Waals surface area contributed by atoms with E-state index < -0.39 is 0 Å². The summed E-state index contributed by atoms with van der Waals surface area (Å²) in [6.07, 6.45) is 7.08. The van der Waals surface area contributed by atoms with Crippen molar-refractivity contribution in [3.8, 4) is 0 Å². The second kappa shape index (κ2) is 8.81. The van der Waals surface area contributed by atoms with Crippen LogP contribution >= 0.6 is 11.3 Å². The zero-order valence-electron chi connectivity index (χ0n) is 15.9. The van der Waals surface area contributed by atoms with Crippen molar-refractivity contribution in [2.45, 2.75) is 58.5 Å². The zero-order valence-corrected chi connectivity index (χ0v) is 16.7. The highest BCUT2D eigenvalue weighted by molar-refractivity contribution is 7.11. The second-order valence-electron chi connectivity index (χ2n) is 7.23. The fourth-order valence-electron chi connectivity index (χ4n) is 3.57. The lowest BCUT2D eigenvalue weighted by Gasteiger charge is -2.45. The Morgan fingerprint density at radius 3 is 2.83 bits per heavy atom. The number of likely N-dealkylation sites (N-methyl/N-ethyl adjacent to an activating group) is 1. The third-order valence-electron chi connectivity index (χ3n) is 4.99. The molecule has 0 spiro atoms. The molecule has 0 amide bonds. The number of rotatable bonds is 6. The molecule has 1 saturated carbocycles. The monoisotopic (exact) mass is 351 g/mol. The highest BCUT2D eigenvalue weighted by atomic mass is 32.1. The number of guanidine groups is 1. The van der Waals surface area contributed by atoms with E-state index >= 15 is 0 Å². The molecule has 136 valence electrons. The third kappa shape index (κ3) is 5.18. The Hall–Kier alpha value is -1.14. The quantitative estimate of drug-likeness (QED) is 0.611. The fraction of sp³-hybridized carbons (Fsp3) is 0.778. The van der Waals surface area contributed by atoms with Gasteiger partial charge in [-0.1, -0.05) is 19.8 Å². The molecule has 1 aliphatic carbocycles. The van der Waals surface area contributed by atoms with E-state index in [1.54, 1.807) is 11.3 Å². The number of hydrogen-bond donors (Lipinski definition) is 2. The Labute approximate surface area is 151 Å². The van der Waals surface area contributed by atoms with Gasteiger partial charge >= 0.3 is 0 Å². The van der Waals surface area contributed by atoms with E-state index in [9.17, 15) is 0 Å². The van der Waals surface area contributed by atoms with Gasteiger partial charge in [0, 0.05) is 29.7 Å². The van der Waals surface area contributed by atoms with Crippen LogP contribution in [-0.2, 0) is 6.54 Å². The standard InChI is InChI=1S/C18H33N5S/c1-6-19-17(21-12-16-20-11-15(3)24-16)22-13-18(23(4)5)9-7-8-14(2)10-18/h11,14H,6-10,12-13H2,1-5H3,(H2,19,21,22). The number of thiazole rings is 1. The van der Waals surface area contributed by atoms with Crippen LogP contribution in [0.25, 0.3) is 0 Å². The first kappa shape index (κ1) is 19.2. The molecular weight excluding hydrogens is 318 g/mol. The number of nitrogens with one attached hydrogen (secondary N) is 2. The summed E-state index contributed by atoms with van der Waals surface area (Å²) in [5, 5.41) is 8.02. The van der Waals surface area contributed by atoms with Gasteiger partial charge in [-0.3, -0.25) is 0 Å². The van der Waals surface area contributed by atoms with Gasteiger partial charge in [0.05, 0.1) is 6.54 Å². The molecule has 0 radical (unpaired) electrons. The van der Waals surface area contributed by atoms with Gasteiger partial charge in [-0.15, -0.1) is 11.3 Å². The summed E-state index contributed by atoms with van der Waals surface area (Å²) >= 11 is 1.72. The van der Waals surface area contributed by atoms with Crippen LogP contribution in [0.3, 0.4) is 0 Å². The average Bonchev–Trinajstić information content (AvgIpc) is 2.95. The van der Waals surface area contributed by atoms with E-state index in [2.05, 4.69) is 55.4 Å². The van der Waals surface area contributed by atoms with E-state index in [1.165, 1.54) is 30.6 Å². The van der Waals surface area contributed by atoms with Crippen molar-refractivity contribution < 1.29 is 0 Å². The number of hydrogen-bond acceptors (Lipinski definition) is 4. The van der Waals surface area contributed by atoms with Gasteiger partial charge in [-0.05, 0) is 46.7 Å². The minimum atomic E-state index is 0.228. The molecule has 1 aromatic rings. The van der Waals surface area contributed by atoms with Crippen LogP contribution in [0.5, 0.6) is 0 Å². The SMILES string of the molecule is CCNC(=NCc1ncc(C)s1)NCC1(N(C)C)CCCC(C)C1. The van der Waals surface area contributed by atoms with Crippen molar-refractivity contribution in [1.29, 1.82) is 0 Å². The molecule has 24 heavy (non-hydrogen) atoms. The molecule has 2 atom stereocenters. The first-order valence-electron chi connectivity index (χ1n) is 9.06. The molecule has 1 fully saturated rings. The van der Waals surface area contributed by atoms with Gasteiger partial charge in [0.2, 0.25) is 0 Å². The first-order chi connectivity index (χ1) is 11.4. The molecule has 1 heterocycles. The molecule has 0 bridgehead atoms. The minimum Gasteiger partial charge on any atom is -0.357 e. The maximum absolute atomic E-state index is 4.71. The van der Waals surface area contributed by atoms with Gasteiger partial charge in [0.1, 0.15) is 5.01 Å². The van der Waals surface area contributed by atoms with Crippen molar-refractivity contribution >= 4 is 17.3 Å². The second-order valence-corrected chi connectivity index (χ2v) is 8.55. The third-order valence-corrected chi connectivity index (χ3v) is 5.88. The number of nitrogens with zero attached hydrogens (tertiary/aromatic N) is 3. The number of aliphatic imine (C=N–C) groups is 1. The van der Waals surface area contributed by atoms with Gasteiger partial charge in [-0.25, -0.2) is 9.98 Å². The van der Waals surface area contributed by atoms with Crippen molar-refractivity contribution in [1.82, 2.24) is 20.5 Å². The maximum atomic E-state index is 4.71. The zero-order chi connectivity index (χ0) is 17.6. The van der Waals surface area contributed by atoms with Crippen LogP contribution in [-0.4, -0.2) is 48.6 Å². The van der Waals surface area contributed by atoms with Crippen LogP contribution in [0.15, 0.2) is 11.2 Å². The van der Waals surface area contributed by atoms with Crippen molar-refractivity contribution in [3.63, 3.8) is 0 Å². The van der Waals surface area contributed by atoms with E-state index in [0.717, 1.165) is 30.0 Å². The molecule has 2 rings (SSSR count). The van der Waals surface area contributed by atoms with Crippen molar-refractivity contribution in [2.75, 3.05) is 27.2 Å². The Morgan fingerprint density at radius 1 is 1.46 bits per heavy atom. The molecule has 2 N–H and O–H groups in total. The largest absolute Gasteiger partial charge is 0.357 e. The summed E-state index contributed by atoms with van der Waals surface area (Å²) in [5.74, 6) is 1.69. The smallest absolute Gasteiger partial charge is 0.191 e. The Bertz CT molecular complexity index is 539. The highest BCUT2D eigenvalue weighted by Gasteiger charge is 2.36. The van der Waals surface area contributed by atoms with E-state index in [-0.39, 0.29) is 5.54 Å². The van der Waals surface area contributed by atoms with Gasteiger partial charge in [-0.2, -0.15) is 0 Å². The van der Waals surface area contributed by atoms with E-state index in [4.69, 9.17) is 4.99 Å². The summed E-state index contributed by atoms with van der Waals surface area (Å²) < 4.78 is 0. The predicted octanol–water partition coefficient (Wildman–Crippen LogP) is 3.02. The molecule has 5 nitrogen and oxygen atoms in total. The lowest BCUT2D eigenvalue weighted by molar-refractivity contribution is 0.0795. The number of aryl methyl sites for hydroxylation is 1. The van der Waals surface area contributed by atoms with Crippen LogP contribution < -0.4 is 10.6 Å². The highest BCUT2D eigenvalue weighted by Crippen LogP contribution is 2.35. The molecule has 2 unspecified atom stereocenters. The molecule has 0 saturated heterocycles. The Kier molecular flexibility index (Phi) is 7.04. The Balaban J connectivity index is 2.00. The molecule has 0 aromatic carbocycles. The average molecular weight is 352 g/mol. The summed E-state index contributed by atoms with van der Waals surface area (Å²) in [7, 11) is 4.42. The van der Waals surface area contributed by atoms with Crippen molar-refractivity contribution in [3.05, 3.63) is 16.1 Å². The predicted molar refractivity (Wildman–Crippen MR) is 104 cm³/mol. The lowest BCUT2D eigenvalue weighted by Crippen LogP contribution is -2.56. The molecule has 1 aliphatic rings. The van der Waals surface area contributed by atoms with Gasteiger partial charge < -0.3 is 15.5 Å². The van der Waals surface area contributed by atoms with Crippen LogP contribution in [0.4, 0.5) is 0 Å². The molecule has 6 heteroatoms. The van der Waals surface area contributed by atoms with E-state index in [1.807, 2.05) is 6.20 Å². The topological polar surface area (TPSA) is 52.6 Å². The van der Waals surface area contributed by atoms with E-state index in [0.29, 0.717) is 6.54 Å². The minimum absolute atomic E-state index is 0.228. The molecule has 0 aliphatic heterocycles. The summed E-state index contributed by atoms with van der Waals surface area (Å²) in [5.41, 5.74) is 0.228. The van der Waals surface area contributed by atoms with Crippen LogP contribution in [0, 0.1) is 12.8 Å². The summed E-state index contributed by atoms with van der Waals surface area (Å²) in [6, 6.07) is 0. The summed E-state index contributed by atoms with van der Waals surface area (Å²) in [6.45, 7) is 9.01.